The maximum Gasteiger partial charge on any atom is 0.263 e. The van der Waals surface area contributed by atoms with Gasteiger partial charge in [0.25, 0.3) is 5.56 Å². The monoisotopic (exact) mass is 471 g/mol. The molecule has 32 heavy (non-hydrogen) atoms. The van der Waals surface area contributed by atoms with Crippen LogP contribution in [0.2, 0.25) is 0 Å². The molecule has 0 bridgehead atoms. The molecule has 6 nitrogen and oxygen atoms in total. The van der Waals surface area contributed by atoms with E-state index in [0.29, 0.717) is 11.7 Å². The van der Waals surface area contributed by atoms with Crippen LogP contribution in [0.1, 0.15) is 37.1 Å². The number of thioether (sulfide) groups is 1. The third-order valence-corrected chi connectivity index (χ3v) is 8.06. The first kappa shape index (κ1) is 23.0. The third kappa shape index (κ3) is 4.49. The highest BCUT2D eigenvalue weighted by molar-refractivity contribution is 8.00. The lowest BCUT2D eigenvalue weighted by Crippen LogP contribution is -2.34. The highest BCUT2D eigenvalue weighted by Gasteiger charge is 2.26. The van der Waals surface area contributed by atoms with Gasteiger partial charge in [0.2, 0.25) is 5.91 Å². The minimum Gasteiger partial charge on any atom is -0.376 e. The van der Waals surface area contributed by atoms with Crippen molar-refractivity contribution < 1.29 is 9.53 Å². The first-order chi connectivity index (χ1) is 15.4. The van der Waals surface area contributed by atoms with Crippen LogP contribution in [0.4, 0.5) is 5.69 Å². The van der Waals surface area contributed by atoms with Crippen molar-refractivity contribution in [3.63, 3.8) is 0 Å². The Balaban J connectivity index is 1.70. The van der Waals surface area contributed by atoms with E-state index in [1.165, 1.54) is 11.8 Å². The zero-order valence-electron chi connectivity index (χ0n) is 19.0. The Morgan fingerprint density at radius 2 is 2.12 bits per heavy atom. The number of hydrogen-bond donors (Lipinski definition) is 0. The molecule has 0 saturated carbocycles. The third-order valence-electron chi connectivity index (χ3n) is 5.95. The molecule has 2 unspecified atom stereocenters. The molecule has 1 fully saturated rings. The summed E-state index contributed by atoms with van der Waals surface area (Å²) in [5.41, 5.74) is 1.89. The molecule has 3 heterocycles. The molecular formula is C24H29N3O3S2. The normalized spacial score (nSPS) is 17.1. The molecule has 0 aliphatic carbocycles. The molecule has 1 aliphatic rings. The van der Waals surface area contributed by atoms with Crippen molar-refractivity contribution in [1.82, 2.24) is 9.55 Å². The van der Waals surface area contributed by atoms with Gasteiger partial charge in [-0.25, -0.2) is 4.98 Å². The van der Waals surface area contributed by atoms with Gasteiger partial charge in [-0.05, 0) is 50.8 Å². The van der Waals surface area contributed by atoms with Crippen LogP contribution in [0.25, 0.3) is 10.2 Å². The second-order valence-electron chi connectivity index (χ2n) is 8.11. The smallest absolute Gasteiger partial charge is 0.263 e. The molecule has 1 amide bonds. The molecule has 4 rings (SSSR count). The first-order valence-corrected chi connectivity index (χ1v) is 12.7. The van der Waals surface area contributed by atoms with Gasteiger partial charge in [-0.3, -0.25) is 14.2 Å². The molecule has 0 spiro atoms. The van der Waals surface area contributed by atoms with Crippen LogP contribution in [0.5, 0.6) is 0 Å². The SMILES string of the molecule is CCc1c(C)sc2nc(SC(C)C(=O)N(C)c3ccccc3)n(CC3CCCO3)c(=O)c12. The molecule has 3 aromatic rings. The summed E-state index contributed by atoms with van der Waals surface area (Å²) in [6.45, 7) is 7.18. The van der Waals surface area contributed by atoms with Crippen LogP contribution in [0, 0.1) is 6.92 Å². The molecule has 1 aromatic carbocycles. The van der Waals surface area contributed by atoms with E-state index in [2.05, 4.69) is 6.92 Å². The fourth-order valence-electron chi connectivity index (χ4n) is 4.16. The fourth-order valence-corrected chi connectivity index (χ4v) is 6.33. The molecule has 0 radical (unpaired) electrons. The number of aromatic nitrogens is 2. The maximum absolute atomic E-state index is 13.6. The maximum atomic E-state index is 13.6. The van der Waals surface area contributed by atoms with Crippen LogP contribution in [0.3, 0.4) is 0 Å². The van der Waals surface area contributed by atoms with Gasteiger partial charge in [0.05, 0.1) is 23.3 Å². The summed E-state index contributed by atoms with van der Waals surface area (Å²) in [5.74, 6) is -0.0316. The number of aryl methyl sites for hydroxylation is 2. The predicted molar refractivity (Wildman–Crippen MR) is 132 cm³/mol. The Morgan fingerprint density at radius 3 is 2.78 bits per heavy atom. The Labute approximate surface area is 196 Å². The Hall–Kier alpha value is -2.16. The van der Waals surface area contributed by atoms with Gasteiger partial charge in [-0.2, -0.15) is 0 Å². The minimum absolute atomic E-state index is 0.00843. The number of ether oxygens (including phenoxy) is 1. The molecule has 1 saturated heterocycles. The van der Waals surface area contributed by atoms with Gasteiger partial charge in [0.15, 0.2) is 5.16 Å². The van der Waals surface area contributed by atoms with E-state index in [9.17, 15) is 9.59 Å². The van der Waals surface area contributed by atoms with Gasteiger partial charge >= 0.3 is 0 Å². The number of carbonyl (C=O) groups is 1. The van der Waals surface area contributed by atoms with E-state index >= 15 is 0 Å². The summed E-state index contributed by atoms with van der Waals surface area (Å²) in [6, 6.07) is 9.57. The van der Waals surface area contributed by atoms with Crippen molar-refractivity contribution in [2.45, 2.75) is 63.1 Å². The summed E-state index contributed by atoms with van der Waals surface area (Å²) in [4.78, 5) is 35.1. The number of thiophene rings is 1. The van der Waals surface area contributed by atoms with Gasteiger partial charge in [-0.15, -0.1) is 11.3 Å². The van der Waals surface area contributed by atoms with Crippen LogP contribution in [-0.2, 0) is 22.5 Å². The van der Waals surface area contributed by atoms with Gasteiger partial charge in [0.1, 0.15) is 4.83 Å². The van der Waals surface area contributed by atoms with Crippen molar-refractivity contribution in [3.05, 3.63) is 51.1 Å². The second kappa shape index (κ2) is 9.77. The van der Waals surface area contributed by atoms with Crippen molar-refractivity contribution in [2.75, 3.05) is 18.6 Å². The fraction of sp³-hybridized carbons (Fsp3) is 0.458. The standard InChI is InChI=1S/C24H29N3O3S2/c1-5-19-15(2)31-21-20(19)23(29)27(14-18-12-9-13-30-18)24(25-21)32-16(3)22(28)26(4)17-10-7-6-8-11-17/h6-8,10-11,16,18H,5,9,12-14H2,1-4H3. The molecule has 8 heteroatoms. The largest absolute Gasteiger partial charge is 0.376 e. The summed E-state index contributed by atoms with van der Waals surface area (Å²) < 4.78 is 7.56. The average Bonchev–Trinajstić information content (AvgIpc) is 3.42. The zero-order valence-corrected chi connectivity index (χ0v) is 20.6. The van der Waals surface area contributed by atoms with Crippen LogP contribution in [-0.4, -0.2) is 40.5 Å². The molecule has 0 N–H and O–H groups in total. The number of anilines is 1. The van der Waals surface area contributed by atoms with E-state index in [-0.39, 0.29) is 17.6 Å². The van der Waals surface area contributed by atoms with Crippen LogP contribution < -0.4 is 10.5 Å². The highest BCUT2D eigenvalue weighted by atomic mass is 32.2. The number of para-hydroxylation sites is 1. The summed E-state index contributed by atoms with van der Waals surface area (Å²) in [5, 5.41) is 0.911. The van der Waals surface area contributed by atoms with E-state index in [1.807, 2.05) is 44.2 Å². The lowest BCUT2D eigenvalue weighted by Gasteiger charge is -2.22. The van der Waals surface area contributed by atoms with Gasteiger partial charge in [0, 0.05) is 24.2 Å². The van der Waals surface area contributed by atoms with E-state index < -0.39 is 5.25 Å². The number of amides is 1. The van der Waals surface area contributed by atoms with Crippen LogP contribution >= 0.6 is 23.1 Å². The summed E-state index contributed by atoms with van der Waals surface area (Å²) in [7, 11) is 1.78. The molecule has 2 atom stereocenters. The summed E-state index contributed by atoms with van der Waals surface area (Å²) >= 11 is 2.91. The number of nitrogens with zero attached hydrogens (tertiary/aromatic N) is 3. The van der Waals surface area contributed by atoms with Gasteiger partial charge in [-0.1, -0.05) is 36.9 Å². The zero-order chi connectivity index (χ0) is 22.8. The quantitative estimate of drug-likeness (QED) is 0.371. The molecule has 2 aromatic heterocycles. The van der Waals surface area contributed by atoms with Crippen molar-refractivity contribution in [3.8, 4) is 0 Å². The van der Waals surface area contributed by atoms with Crippen molar-refractivity contribution in [1.29, 1.82) is 0 Å². The average molecular weight is 472 g/mol. The lowest BCUT2D eigenvalue weighted by atomic mass is 10.1. The van der Waals surface area contributed by atoms with E-state index in [4.69, 9.17) is 9.72 Å². The Bertz CT molecular complexity index is 1170. The van der Waals surface area contributed by atoms with Crippen LogP contribution in [0.15, 0.2) is 40.3 Å². The first-order valence-electron chi connectivity index (χ1n) is 11.0. The predicted octanol–water partition coefficient (Wildman–Crippen LogP) is 4.65. The number of fused-ring (bicyclic) bond motifs is 1. The number of hydrogen-bond acceptors (Lipinski definition) is 6. The van der Waals surface area contributed by atoms with Gasteiger partial charge < -0.3 is 9.64 Å². The molecular weight excluding hydrogens is 442 g/mol. The Kier molecular flexibility index (Phi) is 7.02. The molecule has 1 aliphatic heterocycles. The number of benzene rings is 1. The minimum atomic E-state index is -0.396. The van der Waals surface area contributed by atoms with E-state index in [0.717, 1.165) is 52.2 Å². The molecule has 170 valence electrons. The summed E-state index contributed by atoms with van der Waals surface area (Å²) in [6.07, 6.45) is 2.75. The van der Waals surface area contributed by atoms with Crippen molar-refractivity contribution in [2.24, 2.45) is 0 Å². The lowest BCUT2D eigenvalue weighted by molar-refractivity contribution is -0.117. The second-order valence-corrected chi connectivity index (χ2v) is 10.6. The number of rotatable bonds is 7. The Morgan fingerprint density at radius 1 is 1.38 bits per heavy atom. The van der Waals surface area contributed by atoms with Crippen molar-refractivity contribution >= 4 is 44.9 Å². The van der Waals surface area contributed by atoms with E-state index in [1.54, 1.807) is 27.9 Å². The highest BCUT2D eigenvalue weighted by Crippen LogP contribution is 2.32. The topological polar surface area (TPSA) is 64.4 Å². The number of carbonyl (C=O) groups excluding carboxylic acids is 1.